The van der Waals surface area contributed by atoms with Gasteiger partial charge in [-0.05, 0) is 47.3 Å². The smallest absolute Gasteiger partial charge is 0.123 e. The summed E-state index contributed by atoms with van der Waals surface area (Å²) in [6, 6.07) is 10.8. The molecule has 19 heavy (non-hydrogen) atoms. The average Bonchev–Trinajstić information content (AvgIpc) is 2.85. The van der Waals surface area contributed by atoms with Crippen LogP contribution in [0, 0.1) is 0 Å². The molecule has 1 heterocycles. The molecule has 4 heteroatoms. The fourth-order valence-electron chi connectivity index (χ4n) is 2.18. The van der Waals surface area contributed by atoms with Gasteiger partial charge in [0, 0.05) is 27.0 Å². The summed E-state index contributed by atoms with van der Waals surface area (Å²) in [7, 11) is 1.71. The molecule has 0 fully saturated rings. The zero-order valence-corrected chi connectivity index (χ0v) is 13.7. The van der Waals surface area contributed by atoms with Crippen LogP contribution in [0.2, 0.25) is 0 Å². The van der Waals surface area contributed by atoms with Crippen molar-refractivity contribution in [2.75, 3.05) is 7.11 Å². The van der Waals surface area contributed by atoms with E-state index in [9.17, 15) is 0 Å². The molecular weight excluding hydrogens is 322 g/mol. The summed E-state index contributed by atoms with van der Waals surface area (Å²) in [4.78, 5) is 1.32. The van der Waals surface area contributed by atoms with Crippen LogP contribution < -0.4 is 10.1 Å². The molecule has 2 rings (SSSR count). The van der Waals surface area contributed by atoms with E-state index in [1.807, 2.05) is 18.2 Å². The van der Waals surface area contributed by atoms with Gasteiger partial charge < -0.3 is 10.1 Å². The van der Waals surface area contributed by atoms with Crippen molar-refractivity contribution in [3.8, 4) is 5.75 Å². The van der Waals surface area contributed by atoms with Crippen molar-refractivity contribution in [1.29, 1.82) is 0 Å². The molecule has 0 aliphatic carbocycles. The maximum absolute atomic E-state index is 5.42. The predicted molar refractivity (Wildman–Crippen MR) is 85.0 cm³/mol. The Bertz CT molecular complexity index is 540. The Morgan fingerprint density at radius 2 is 1.89 bits per heavy atom. The third-order valence-corrected chi connectivity index (χ3v) is 5.20. The first-order valence-corrected chi connectivity index (χ1v) is 7.92. The second-order valence-corrected chi connectivity index (χ2v) is 6.29. The van der Waals surface area contributed by atoms with Gasteiger partial charge in [-0.25, -0.2) is 0 Å². The van der Waals surface area contributed by atoms with Gasteiger partial charge in [0.25, 0.3) is 0 Å². The van der Waals surface area contributed by atoms with E-state index >= 15 is 0 Å². The van der Waals surface area contributed by atoms with Gasteiger partial charge in [0.2, 0.25) is 0 Å². The Hall–Kier alpha value is -0.840. The molecule has 0 aliphatic heterocycles. The Morgan fingerprint density at radius 1 is 1.16 bits per heavy atom. The second kappa shape index (κ2) is 6.55. The van der Waals surface area contributed by atoms with E-state index in [1.54, 1.807) is 18.4 Å². The lowest BCUT2D eigenvalue weighted by Crippen LogP contribution is -2.22. The SMILES string of the molecule is COc1ccccc1[C@H](C)NC(C)c1sccc1Br. The summed E-state index contributed by atoms with van der Waals surface area (Å²) in [5.74, 6) is 0.931. The highest BCUT2D eigenvalue weighted by Gasteiger charge is 2.16. The average molecular weight is 340 g/mol. The first-order chi connectivity index (χ1) is 9.13. The van der Waals surface area contributed by atoms with E-state index in [4.69, 9.17) is 4.74 Å². The zero-order valence-electron chi connectivity index (χ0n) is 11.3. The molecule has 2 aromatic rings. The van der Waals surface area contributed by atoms with Crippen molar-refractivity contribution >= 4 is 27.3 Å². The Balaban J connectivity index is 2.13. The number of halogens is 1. The number of methoxy groups -OCH3 is 1. The minimum atomic E-state index is 0.236. The van der Waals surface area contributed by atoms with E-state index in [2.05, 4.69) is 52.6 Å². The van der Waals surface area contributed by atoms with Crippen LogP contribution in [-0.2, 0) is 0 Å². The van der Waals surface area contributed by atoms with E-state index < -0.39 is 0 Å². The molecular formula is C15H18BrNOS. The molecule has 0 saturated carbocycles. The molecule has 1 aromatic heterocycles. The Labute approximate surface area is 126 Å². The van der Waals surface area contributed by atoms with E-state index in [-0.39, 0.29) is 6.04 Å². The van der Waals surface area contributed by atoms with Gasteiger partial charge in [0.05, 0.1) is 7.11 Å². The lowest BCUT2D eigenvalue weighted by atomic mass is 10.1. The number of hydrogen-bond acceptors (Lipinski definition) is 3. The third kappa shape index (κ3) is 3.38. The molecule has 0 radical (unpaired) electrons. The molecule has 2 atom stereocenters. The Kier molecular flexibility index (Phi) is 5.02. The summed E-state index contributed by atoms with van der Waals surface area (Å²) in [5, 5.41) is 5.72. The summed E-state index contributed by atoms with van der Waals surface area (Å²) >= 11 is 5.35. The van der Waals surface area contributed by atoms with Gasteiger partial charge in [-0.2, -0.15) is 0 Å². The van der Waals surface area contributed by atoms with Crippen molar-refractivity contribution in [2.45, 2.75) is 25.9 Å². The molecule has 0 spiro atoms. The largest absolute Gasteiger partial charge is 0.496 e. The zero-order chi connectivity index (χ0) is 13.8. The van der Waals surface area contributed by atoms with Gasteiger partial charge in [-0.3, -0.25) is 0 Å². The third-order valence-electron chi connectivity index (χ3n) is 3.14. The quantitative estimate of drug-likeness (QED) is 0.833. The molecule has 1 aromatic carbocycles. The van der Waals surface area contributed by atoms with Crippen molar-refractivity contribution in [3.05, 3.63) is 50.6 Å². The minimum absolute atomic E-state index is 0.236. The molecule has 0 bridgehead atoms. The molecule has 0 aliphatic rings. The van der Waals surface area contributed by atoms with Crippen LogP contribution in [0.1, 0.15) is 36.4 Å². The summed E-state index contributed by atoms with van der Waals surface area (Å²) in [5.41, 5.74) is 1.18. The molecule has 102 valence electrons. The number of ether oxygens (including phenoxy) is 1. The molecule has 0 saturated heterocycles. The van der Waals surface area contributed by atoms with Crippen molar-refractivity contribution in [1.82, 2.24) is 5.32 Å². The maximum atomic E-state index is 5.42. The molecule has 0 amide bonds. The van der Waals surface area contributed by atoms with Crippen LogP contribution in [0.4, 0.5) is 0 Å². The number of para-hydroxylation sites is 1. The van der Waals surface area contributed by atoms with Gasteiger partial charge in [0.15, 0.2) is 0 Å². The number of benzene rings is 1. The van der Waals surface area contributed by atoms with Gasteiger partial charge >= 0.3 is 0 Å². The standard InChI is InChI=1S/C15H18BrNOS/c1-10(12-6-4-5-7-14(12)18-3)17-11(2)15-13(16)8-9-19-15/h4-11,17H,1-3H3/t10-,11?/m0/s1. The minimum Gasteiger partial charge on any atom is -0.496 e. The highest BCUT2D eigenvalue weighted by atomic mass is 79.9. The first kappa shape index (κ1) is 14.6. The maximum Gasteiger partial charge on any atom is 0.123 e. The molecule has 1 unspecified atom stereocenters. The van der Waals surface area contributed by atoms with Crippen LogP contribution in [0.5, 0.6) is 5.75 Å². The fourth-order valence-corrected chi connectivity index (χ4v) is 3.91. The monoisotopic (exact) mass is 339 g/mol. The second-order valence-electron chi connectivity index (χ2n) is 4.48. The Morgan fingerprint density at radius 3 is 2.53 bits per heavy atom. The van der Waals surface area contributed by atoms with E-state index in [0.29, 0.717) is 6.04 Å². The number of rotatable bonds is 5. The van der Waals surface area contributed by atoms with Gasteiger partial charge in [-0.15, -0.1) is 11.3 Å². The van der Waals surface area contributed by atoms with Crippen LogP contribution in [0.25, 0.3) is 0 Å². The van der Waals surface area contributed by atoms with Crippen LogP contribution in [0.15, 0.2) is 40.2 Å². The molecule has 2 nitrogen and oxygen atoms in total. The van der Waals surface area contributed by atoms with E-state index in [0.717, 1.165) is 5.75 Å². The topological polar surface area (TPSA) is 21.3 Å². The highest BCUT2D eigenvalue weighted by molar-refractivity contribution is 9.10. The van der Waals surface area contributed by atoms with Gasteiger partial charge in [0.1, 0.15) is 5.75 Å². The first-order valence-electron chi connectivity index (χ1n) is 6.25. The number of nitrogens with one attached hydrogen (secondary N) is 1. The normalized spacial score (nSPS) is 14.1. The molecule has 1 N–H and O–H groups in total. The van der Waals surface area contributed by atoms with Gasteiger partial charge in [-0.1, -0.05) is 18.2 Å². The lowest BCUT2D eigenvalue weighted by Gasteiger charge is -2.21. The van der Waals surface area contributed by atoms with Crippen LogP contribution in [0.3, 0.4) is 0 Å². The van der Waals surface area contributed by atoms with E-state index in [1.165, 1.54) is 14.9 Å². The van der Waals surface area contributed by atoms with Crippen molar-refractivity contribution in [2.24, 2.45) is 0 Å². The predicted octanol–water partition coefficient (Wildman–Crippen LogP) is 4.93. The summed E-state index contributed by atoms with van der Waals surface area (Å²) in [6.07, 6.45) is 0. The summed E-state index contributed by atoms with van der Waals surface area (Å²) < 4.78 is 6.59. The van der Waals surface area contributed by atoms with Crippen molar-refractivity contribution < 1.29 is 4.74 Å². The summed E-state index contributed by atoms with van der Waals surface area (Å²) in [6.45, 7) is 4.35. The van der Waals surface area contributed by atoms with Crippen LogP contribution in [-0.4, -0.2) is 7.11 Å². The highest BCUT2D eigenvalue weighted by Crippen LogP contribution is 2.32. The van der Waals surface area contributed by atoms with Crippen LogP contribution >= 0.6 is 27.3 Å². The number of hydrogen-bond donors (Lipinski definition) is 1. The number of thiophene rings is 1. The lowest BCUT2D eigenvalue weighted by molar-refractivity contribution is 0.397. The van der Waals surface area contributed by atoms with Crippen molar-refractivity contribution in [3.63, 3.8) is 0 Å². The fraction of sp³-hybridized carbons (Fsp3) is 0.333.